The summed E-state index contributed by atoms with van der Waals surface area (Å²) in [5.74, 6) is -0.0346. The SMILES string of the molecule is C/C=C/CCNC(=O)COC1(C)CNC1. The molecule has 1 rings (SSSR count). The van der Waals surface area contributed by atoms with Crippen LogP contribution in [0, 0.1) is 0 Å². The van der Waals surface area contributed by atoms with Crippen molar-refractivity contribution in [2.24, 2.45) is 0 Å². The Morgan fingerprint density at radius 3 is 2.87 bits per heavy atom. The van der Waals surface area contributed by atoms with E-state index in [1.807, 2.05) is 26.0 Å². The second-order valence-electron chi connectivity index (χ2n) is 4.05. The number of carbonyl (C=O) groups excluding carboxylic acids is 1. The van der Waals surface area contributed by atoms with E-state index in [9.17, 15) is 4.79 Å². The molecule has 1 heterocycles. The van der Waals surface area contributed by atoms with Gasteiger partial charge in [-0.15, -0.1) is 0 Å². The lowest BCUT2D eigenvalue weighted by Gasteiger charge is -2.38. The van der Waals surface area contributed by atoms with Crippen LogP contribution in [0.2, 0.25) is 0 Å². The molecule has 1 fully saturated rings. The van der Waals surface area contributed by atoms with Crippen molar-refractivity contribution in [3.8, 4) is 0 Å². The molecule has 1 aliphatic heterocycles. The second-order valence-corrected chi connectivity index (χ2v) is 4.05. The first-order valence-electron chi connectivity index (χ1n) is 5.39. The Kier molecular flexibility index (Phi) is 4.78. The molecule has 2 N–H and O–H groups in total. The summed E-state index contributed by atoms with van der Waals surface area (Å²) >= 11 is 0. The minimum absolute atomic E-state index is 0.0346. The fraction of sp³-hybridized carbons (Fsp3) is 0.727. The molecule has 15 heavy (non-hydrogen) atoms. The van der Waals surface area contributed by atoms with Crippen LogP contribution in [0.1, 0.15) is 20.3 Å². The van der Waals surface area contributed by atoms with E-state index >= 15 is 0 Å². The van der Waals surface area contributed by atoms with Gasteiger partial charge in [-0.25, -0.2) is 0 Å². The molecule has 1 amide bonds. The lowest BCUT2D eigenvalue weighted by Crippen LogP contribution is -2.59. The third kappa shape index (κ3) is 4.44. The summed E-state index contributed by atoms with van der Waals surface area (Å²) in [6.45, 7) is 6.49. The van der Waals surface area contributed by atoms with Gasteiger partial charge in [-0.2, -0.15) is 0 Å². The highest BCUT2D eigenvalue weighted by molar-refractivity contribution is 5.77. The van der Waals surface area contributed by atoms with Crippen molar-refractivity contribution in [3.63, 3.8) is 0 Å². The van der Waals surface area contributed by atoms with Crippen LogP contribution in [0.25, 0.3) is 0 Å². The fourth-order valence-electron chi connectivity index (χ4n) is 1.33. The molecule has 0 aromatic carbocycles. The molecule has 4 nitrogen and oxygen atoms in total. The van der Waals surface area contributed by atoms with E-state index in [1.54, 1.807) is 0 Å². The molecule has 0 aliphatic carbocycles. The highest BCUT2D eigenvalue weighted by atomic mass is 16.5. The van der Waals surface area contributed by atoms with E-state index in [-0.39, 0.29) is 18.1 Å². The number of hydrogen-bond donors (Lipinski definition) is 2. The molecule has 0 aromatic heterocycles. The van der Waals surface area contributed by atoms with E-state index in [4.69, 9.17) is 4.74 Å². The predicted molar refractivity (Wildman–Crippen MR) is 59.7 cm³/mol. The van der Waals surface area contributed by atoms with Crippen molar-refractivity contribution in [1.82, 2.24) is 10.6 Å². The van der Waals surface area contributed by atoms with Gasteiger partial charge in [-0.05, 0) is 20.3 Å². The first-order chi connectivity index (χ1) is 7.16. The molecular weight excluding hydrogens is 192 g/mol. The Bertz CT molecular complexity index is 235. The first kappa shape index (κ1) is 12.2. The van der Waals surface area contributed by atoms with Crippen LogP contribution in [-0.4, -0.2) is 37.7 Å². The molecule has 0 saturated carbocycles. The van der Waals surface area contributed by atoms with Crippen LogP contribution >= 0.6 is 0 Å². The van der Waals surface area contributed by atoms with E-state index in [2.05, 4.69) is 10.6 Å². The zero-order valence-electron chi connectivity index (χ0n) is 9.51. The van der Waals surface area contributed by atoms with E-state index in [0.717, 1.165) is 19.5 Å². The maximum Gasteiger partial charge on any atom is 0.246 e. The Morgan fingerprint density at radius 1 is 1.60 bits per heavy atom. The number of amides is 1. The normalized spacial score (nSPS) is 18.8. The van der Waals surface area contributed by atoms with E-state index < -0.39 is 0 Å². The van der Waals surface area contributed by atoms with Crippen molar-refractivity contribution < 1.29 is 9.53 Å². The summed E-state index contributed by atoms with van der Waals surface area (Å²) in [5, 5.41) is 5.92. The van der Waals surface area contributed by atoms with Gasteiger partial charge in [-0.1, -0.05) is 12.2 Å². The maximum absolute atomic E-state index is 11.3. The molecule has 0 spiro atoms. The quantitative estimate of drug-likeness (QED) is 0.496. The highest BCUT2D eigenvalue weighted by Gasteiger charge is 2.32. The molecule has 1 aliphatic rings. The van der Waals surface area contributed by atoms with Crippen LogP contribution in [0.5, 0.6) is 0 Å². The fourth-order valence-corrected chi connectivity index (χ4v) is 1.33. The number of nitrogens with one attached hydrogen (secondary N) is 2. The summed E-state index contributed by atoms with van der Waals surface area (Å²) in [4.78, 5) is 11.3. The van der Waals surface area contributed by atoms with Crippen LogP contribution in [0.3, 0.4) is 0 Å². The van der Waals surface area contributed by atoms with E-state index in [0.29, 0.717) is 6.54 Å². The van der Waals surface area contributed by atoms with Gasteiger partial charge in [0.1, 0.15) is 6.61 Å². The molecule has 0 atom stereocenters. The van der Waals surface area contributed by atoms with Gasteiger partial charge in [0, 0.05) is 19.6 Å². The summed E-state index contributed by atoms with van der Waals surface area (Å²) in [5.41, 5.74) is -0.138. The smallest absolute Gasteiger partial charge is 0.246 e. The molecule has 0 bridgehead atoms. The van der Waals surface area contributed by atoms with Gasteiger partial charge >= 0.3 is 0 Å². The van der Waals surface area contributed by atoms with Gasteiger partial charge in [-0.3, -0.25) is 4.79 Å². The Labute approximate surface area is 91.1 Å². The van der Waals surface area contributed by atoms with Crippen molar-refractivity contribution in [2.45, 2.75) is 25.9 Å². The van der Waals surface area contributed by atoms with Crippen molar-refractivity contribution >= 4 is 5.91 Å². The summed E-state index contributed by atoms with van der Waals surface area (Å²) in [6.07, 6.45) is 4.88. The van der Waals surface area contributed by atoms with Crippen LogP contribution < -0.4 is 10.6 Å². The number of hydrogen-bond acceptors (Lipinski definition) is 3. The van der Waals surface area contributed by atoms with Crippen molar-refractivity contribution in [3.05, 3.63) is 12.2 Å². The van der Waals surface area contributed by atoms with Crippen molar-refractivity contribution in [1.29, 1.82) is 0 Å². The molecule has 0 radical (unpaired) electrons. The van der Waals surface area contributed by atoms with Gasteiger partial charge < -0.3 is 15.4 Å². The largest absolute Gasteiger partial charge is 0.363 e. The Morgan fingerprint density at radius 2 is 2.33 bits per heavy atom. The highest BCUT2D eigenvalue weighted by Crippen LogP contribution is 2.14. The average molecular weight is 212 g/mol. The molecule has 1 saturated heterocycles. The number of allylic oxidation sites excluding steroid dienone is 1. The first-order valence-corrected chi connectivity index (χ1v) is 5.39. The Hall–Kier alpha value is -0.870. The van der Waals surface area contributed by atoms with Crippen LogP contribution in [0.15, 0.2) is 12.2 Å². The van der Waals surface area contributed by atoms with Gasteiger partial charge in [0.25, 0.3) is 0 Å². The molecule has 0 aromatic rings. The minimum atomic E-state index is -0.138. The standard InChI is InChI=1S/C11H20N2O2/c1-3-4-5-6-13-10(14)7-15-11(2)8-12-9-11/h3-4,12H,5-9H2,1-2H3,(H,13,14)/b4-3+. The zero-order valence-corrected chi connectivity index (χ0v) is 9.51. The predicted octanol–water partition coefficient (Wildman–Crippen LogP) is 0.447. The summed E-state index contributed by atoms with van der Waals surface area (Å²) in [7, 11) is 0. The molecular formula is C11H20N2O2. The van der Waals surface area contributed by atoms with Gasteiger partial charge in [0.05, 0.1) is 5.60 Å². The lowest BCUT2D eigenvalue weighted by atomic mass is 10.0. The second kappa shape index (κ2) is 5.88. The zero-order chi connectivity index (χ0) is 11.1. The number of rotatable bonds is 6. The molecule has 4 heteroatoms. The monoisotopic (exact) mass is 212 g/mol. The Balaban J connectivity index is 2.03. The lowest BCUT2D eigenvalue weighted by molar-refractivity contribution is -0.135. The van der Waals surface area contributed by atoms with Crippen LogP contribution in [-0.2, 0) is 9.53 Å². The molecule has 86 valence electrons. The summed E-state index contributed by atoms with van der Waals surface area (Å²) in [6, 6.07) is 0. The van der Waals surface area contributed by atoms with Crippen LogP contribution in [0.4, 0.5) is 0 Å². The van der Waals surface area contributed by atoms with Crippen molar-refractivity contribution in [2.75, 3.05) is 26.2 Å². The number of carbonyl (C=O) groups is 1. The number of ether oxygens (including phenoxy) is 1. The average Bonchev–Trinajstić information content (AvgIpc) is 2.19. The van der Waals surface area contributed by atoms with E-state index in [1.165, 1.54) is 0 Å². The van der Waals surface area contributed by atoms with Gasteiger partial charge in [0.2, 0.25) is 5.91 Å². The third-order valence-electron chi connectivity index (χ3n) is 2.42. The third-order valence-corrected chi connectivity index (χ3v) is 2.42. The maximum atomic E-state index is 11.3. The molecule has 0 unspecified atom stereocenters. The topological polar surface area (TPSA) is 50.4 Å². The minimum Gasteiger partial charge on any atom is -0.363 e. The van der Waals surface area contributed by atoms with Gasteiger partial charge in [0.15, 0.2) is 0 Å². The summed E-state index contributed by atoms with van der Waals surface area (Å²) < 4.78 is 5.49.